The summed E-state index contributed by atoms with van der Waals surface area (Å²) in [5, 5.41) is 4.23. The molecule has 6 heteroatoms. The highest BCUT2D eigenvalue weighted by molar-refractivity contribution is 9.10. The first-order valence-corrected chi connectivity index (χ1v) is 7.81. The van der Waals surface area contributed by atoms with Gasteiger partial charge in [0.15, 0.2) is 0 Å². The fourth-order valence-corrected chi connectivity index (χ4v) is 3.45. The van der Waals surface area contributed by atoms with E-state index >= 15 is 0 Å². The minimum Gasteiger partial charge on any atom is -0.383 e. The first-order valence-electron chi connectivity index (χ1n) is 7.02. The van der Waals surface area contributed by atoms with Gasteiger partial charge in [-0.15, -0.1) is 0 Å². The van der Waals surface area contributed by atoms with Crippen LogP contribution in [0.4, 0.5) is 0 Å². The molecule has 0 radical (unpaired) electrons. The highest BCUT2D eigenvalue weighted by atomic mass is 79.9. The monoisotopic (exact) mass is 343 g/mol. The van der Waals surface area contributed by atoms with Gasteiger partial charge in [-0.25, -0.2) is 0 Å². The van der Waals surface area contributed by atoms with Crippen LogP contribution in [0.25, 0.3) is 0 Å². The van der Waals surface area contributed by atoms with Crippen LogP contribution in [0.3, 0.4) is 0 Å². The van der Waals surface area contributed by atoms with E-state index in [1.807, 2.05) is 0 Å². The molecule has 1 fully saturated rings. The zero-order valence-corrected chi connectivity index (χ0v) is 13.6. The highest BCUT2D eigenvalue weighted by Crippen LogP contribution is 2.34. The van der Waals surface area contributed by atoms with Crippen LogP contribution >= 0.6 is 15.9 Å². The number of rotatable bonds is 5. The smallest absolute Gasteiger partial charge is 0.201 e. The Labute approximate surface area is 128 Å². The summed E-state index contributed by atoms with van der Waals surface area (Å²) in [5.74, 6) is 0.483. The predicted molar refractivity (Wildman–Crippen MR) is 80.7 cm³/mol. The molecule has 0 saturated heterocycles. The van der Waals surface area contributed by atoms with Crippen LogP contribution in [-0.2, 0) is 11.3 Å². The van der Waals surface area contributed by atoms with Gasteiger partial charge >= 0.3 is 0 Å². The maximum absolute atomic E-state index is 12.9. The Morgan fingerprint density at radius 1 is 1.70 bits per heavy atom. The largest absolute Gasteiger partial charge is 0.383 e. The Kier molecular flexibility index (Phi) is 4.99. The summed E-state index contributed by atoms with van der Waals surface area (Å²) in [6.07, 6.45) is 5.30. The molecule has 0 aliphatic heterocycles. The van der Waals surface area contributed by atoms with E-state index in [1.54, 1.807) is 18.0 Å². The lowest BCUT2D eigenvalue weighted by Gasteiger charge is -2.35. The van der Waals surface area contributed by atoms with Gasteiger partial charge < -0.3 is 10.5 Å². The molecule has 0 aromatic carbocycles. The van der Waals surface area contributed by atoms with Crippen LogP contribution in [-0.4, -0.2) is 34.8 Å². The molecule has 5 nitrogen and oxygen atoms in total. The lowest BCUT2D eigenvalue weighted by molar-refractivity contribution is 0.0804. The minimum absolute atomic E-state index is 0.00970. The molecule has 112 valence electrons. The van der Waals surface area contributed by atoms with Gasteiger partial charge in [0, 0.05) is 7.11 Å². The molecule has 2 N–H and O–H groups in total. The van der Waals surface area contributed by atoms with Crippen LogP contribution in [0.1, 0.15) is 43.1 Å². The second-order valence-electron chi connectivity index (χ2n) is 5.74. The summed E-state index contributed by atoms with van der Waals surface area (Å²) in [6, 6.07) is 0. The van der Waals surface area contributed by atoms with Crippen molar-refractivity contribution in [3.8, 4) is 0 Å². The minimum atomic E-state index is -0.759. The van der Waals surface area contributed by atoms with Gasteiger partial charge in [0.05, 0.1) is 29.4 Å². The van der Waals surface area contributed by atoms with E-state index in [0.29, 0.717) is 29.2 Å². The van der Waals surface area contributed by atoms with Crippen LogP contribution in [0.15, 0.2) is 10.7 Å². The van der Waals surface area contributed by atoms with Crippen LogP contribution in [0, 0.1) is 5.92 Å². The van der Waals surface area contributed by atoms with Crippen molar-refractivity contribution < 1.29 is 9.53 Å². The molecule has 1 saturated carbocycles. The average molecular weight is 344 g/mol. The SMILES string of the molecule is COCCn1ncc(Br)c1C(=O)C1(N)CCCC(C)C1. The number of hydrogen-bond acceptors (Lipinski definition) is 4. The van der Waals surface area contributed by atoms with Gasteiger partial charge in [-0.05, 0) is 34.7 Å². The lowest BCUT2D eigenvalue weighted by atomic mass is 9.74. The van der Waals surface area contributed by atoms with Gasteiger partial charge in [-0.1, -0.05) is 19.8 Å². The number of Topliss-reactive ketones (excluding diaryl/α,β-unsaturated/α-hetero) is 1. The molecule has 2 unspecified atom stereocenters. The molecule has 0 spiro atoms. The normalized spacial score (nSPS) is 26.7. The van der Waals surface area contributed by atoms with E-state index in [-0.39, 0.29) is 5.78 Å². The number of nitrogens with zero attached hydrogens (tertiary/aromatic N) is 2. The highest BCUT2D eigenvalue weighted by Gasteiger charge is 2.40. The summed E-state index contributed by atoms with van der Waals surface area (Å²) >= 11 is 3.42. The molecule has 1 aromatic rings. The topological polar surface area (TPSA) is 70.1 Å². The van der Waals surface area contributed by atoms with Crippen molar-refractivity contribution in [3.63, 3.8) is 0 Å². The van der Waals surface area contributed by atoms with Gasteiger partial charge in [0.25, 0.3) is 0 Å². The molecular weight excluding hydrogens is 322 g/mol. The maximum atomic E-state index is 12.9. The third kappa shape index (κ3) is 3.13. The number of carbonyl (C=O) groups excluding carboxylic acids is 1. The summed E-state index contributed by atoms with van der Waals surface area (Å²) < 4.78 is 7.45. The second kappa shape index (κ2) is 6.37. The van der Waals surface area contributed by atoms with E-state index < -0.39 is 5.54 Å². The molecule has 1 heterocycles. The number of methoxy groups -OCH3 is 1. The quantitative estimate of drug-likeness (QED) is 0.833. The number of carbonyl (C=O) groups is 1. The van der Waals surface area contributed by atoms with E-state index in [0.717, 1.165) is 25.7 Å². The van der Waals surface area contributed by atoms with Crippen molar-refractivity contribution in [2.45, 2.75) is 44.7 Å². The molecule has 2 rings (SSSR count). The zero-order valence-electron chi connectivity index (χ0n) is 12.1. The Balaban J connectivity index is 2.26. The van der Waals surface area contributed by atoms with Crippen molar-refractivity contribution in [2.75, 3.05) is 13.7 Å². The van der Waals surface area contributed by atoms with Crippen LogP contribution in [0.2, 0.25) is 0 Å². The number of halogens is 1. The van der Waals surface area contributed by atoms with E-state index in [9.17, 15) is 4.79 Å². The van der Waals surface area contributed by atoms with Crippen LogP contribution in [0.5, 0.6) is 0 Å². The molecule has 0 bridgehead atoms. The van der Waals surface area contributed by atoms with Crippen LogP contribution < -0.4 is 5.73 Å². The lowest BCUT2D eigenvalue weighted by Crippen LogP contribution is -2.51. The standard InChI is InChI=1S/C14H22BrN3O2/c1-10-4-3-5-14(16,8-10)13(19)12-11(15)9-17-18(12)6-7-20-2/h9-10H,3-8,16H2,1-2H3. The summed E-state index contributed by atoms with van der Waals surface area (Å²) in [4.78, 5) is 12.9. The number of aromatic nitrogens is 2. The van der Waals surface area contributed by atoms with Gasteiger partial charge in [-0.3, -0.25) is 9.48 Å². The number of nitrogens with two attached hydrogens (primary N) is 1. The van der Waals surface area contributed by atoms with Crippen molar-refractivity contribution in [1.82, 2.24) is 9.78 Å². The molecule has 1 aliphatic rings. The molecular formula is C14H22BrN3O2. The first-order chi connectivity index (χ1) is 9.48. The fraction of sp³-hybridized carbons (Fsp3) is 0.714. The molecule has 1 aromatic heterocycles. The van der Waals surface area contributed by atoms with Gasteiger partial charge in [-0.2, -0.15) is 5.10 Å². The van der Waals surface area contributed by atoms with Crippen molar-refractivity contribution in [1.29, 1.82) is 0 Å². The fourth-order valence-electron chi connectivity index (χ4n) is 2.97. The Morgan fingerprint density at radius 3 is 3.10 bits per heavy atom. The zero-order chi connectivity index (χ0) is 14.8. The number of hydrogen-bond donors (Lipinski definition) is 1. The van der Waals surface area contributed by atoms with Gasteiger partial charge in [0.1, 0.15) is 5.69 Å². The van der Waals surface area contributed by atoms with E-state index in [4.69, 9.17) is 10.5 Å². The summed E-state index contributed by atoms with van der Waals surface area (Å²) in [5.41, 5.74) is 6.22. The number of ketones is 1. The van der Waals surface area contributed by atoms with Gasteiger partial charge in [0.2, 0.25) is 5.78 Å². The third-order valence-electron chi connectivity index (χ3n) is 4.00. The van der Waals surface area contributed by atoms with E-state index in [2.05, 4.69) is 28.0 Å². The molecule has 2 atom stereocenters. The Morgan fingerprint density at radius 2 is 2.45 bits per heavy atom. The molecule has 20 heavy (non-hydrogen) atoms. The molecule has 1 aliphatic carbocycles. The molecule has 0 amide bonds. The average Bonchev–Trinajstić information content (AvgIpc) is 2.76. The van der Waals surface area contributed by atoms with E-state index in [1.165, 1.54) is 0 Å². The summed E-state index contributed by atoms with van der Waals surface area (Å²) in [6.45, 7) is 3.22. The maximum Gasteiger partial charge on any atom is 0.201 e. The van der Waals surface area contributed by atoms with Crippen molar-refractivity contribution in [2.24, 2.45) is 11.7 Å². The Bertz CT molecular complexity index is 489. The van der Waals surface area contributed by atoms with Crippen molar-refractivity contribution in [3.05, 3.63) is 16.4 Å². The third-order valence-corrected chi connectivity index (χ3v) is 4.58. The first kappa shape index (κ1) is 15.7. The van der Waals surface area contributed by atoms with Crippen molar-refractivity contribution >= 4 is 21.7 Å². The summed E-state index contributed by atoms with van der Waals surface area (Å²) in [7, 11) is 1.63. The Hall–Kier alpha value is -0.720. The second-order valence-corrected chi connectivity index (χ2v) is 6.60. The number of ether oxygens (including phenoxy) is 1. The predicted octanol–water partition coefficient (Wildman–Crippen LogP) is 2.38.